The van der Waals surface area contributed by atoms with Crippen molar-refractivity contribution in [3.05, 3.63) is 43.3 Å². The average Bonchev–Trinajstić information content (AvgIpc) is 3.19. The van der Waals surface area contributed by atoms with Crippen LogP contribution in [0.15, 0.2) is 23.0 Å². The molecule has 1 fully saturated rings. The molecule has 7 nitrogen and oxygen atoms in total. The van der Waals surface area contributed by atoms with Gasteiger partial charge in [0.05, 0.1) is 22.3 Å². The number of aromatic amines is 1. The summed E-state index contributed by atoms with van der Waals surface area (Å²) in [5, 5.41) is 0. The number of carbonyl (C=O) groups excluding carboxylic acids is 2. The van der Waals surface area contributed by atoms with Crippen molar-refractivity contribution in [1.82, 2.24) is 9.88 Å². The fraction of sp³-hybridized carbons (Fsp3) is 0.458. The number of nitrogens with one attached hydrogen (secondary N) is 1. The Morgan fingerprint density at radius 3 is 2.56 bits per heavy atom. The van der Waals surface area contributed by atoms with Crippen LogP contribution >= 0.6 is 11.3 Å². The smallest absolute Gasteiger partial charge is 0.266 e. The highest BCUT2D eigenvalue weighted by molar-refractivity contribution is 7.07. The molecule has 1 aromatic carbocycles. The molecule has 1 amide bonds. The van der Waals surface area contributed by atoms with Gasteiger partial charge >= 0.3 is 0 Å². The van der Waals surface area contributed by atoms with Gasteiger partial charge in [-0.2, -0.15) is 0 Å². The number of H-pyrrole nitrogens is 1. The van der Waals surface area contributed by atoms with E-state index < -0.39 is 5.54 Å². The Bertz CT molecular complexity index is 1210. The number of amides is 1. The van der Waals surface area contributed by atoms with Crippen molar-refractivity contribution in [1.29, 1.82) is 0 Å². The van der Waals surface area contributed by atoms with E-state index in [1.165, 1.54) is 24.7 Å². The number of carbonyl (C=O) groups is 2. The van der Waals surface area contributed by atoms with Crippen LogP contribution in [0.25, 0.3) is 11.6 Å². The molecular weight excluding hydrogens is 426 g/mol. The van der Waals surface area contributed by atoms with E-state index in [2.05, 4.69) is 18.8 Å². The number of likely N-dealkylation sites (N-methyl/N-ethyl adjacent to an activating group) is 1. The predicted octanol–water partition coefficient (Wildman–Crippen LogP) is 1.87. The maximum Gasteiger partial charge on any atom is 0.266 e. The Morgan fingerprint density at radius 1 is 1.28 bits per heavy atom. The number of nitrogens with zero attached hydrogens (tertiary/aromatic N) is 2. The lowest BCUT2D eigenvalue weighted by Gasteiger charge is -2.28. The second-order valence-corrected chi connectivity index (χ2v) is 9.62. The summed E-state index contributed by atoms with van der Waals surface area (Å²) in [5.41, 5.74) is 1.33. The number of hydrogen-bond acceptors (Lipinski definition) is 6. The number of fused-ring (bicyclic) bond motifs is 1. The van der Waals surface area contributed by atoms with E-state index in [-0.39, 0.29) is 17.2 Å². The van der Waals surface area contributed by atoms with Gasteiger partial charge in [0.2, 0.25) is 5.91 Å². The molecule has 1 N–H and O–H groups in total. The average molecular weight is 458 g/mol. The first-order valence-corrected chi connectivity index (χ1v) is 11.7. The summed E-state index contributed by atoms with van der Waals surface area (Å²) in [6, 6.07) is 5.51. The normalized spacial score (nSPS) is 19.9. The Labute approximate surface area is 192 Å². The monoisotopic (exact) mass is 457 g/mol. The van der Waals surface area contributed by atoms with Crippen molar-refractivity contribution in [2.75, 3.05) is 31.6 Å². The third-order valence-corrected chi connectivity index (χ3v) is 6.72. The van der Waals surface area contributed by atoms with Crippen molar-refractivity contribution in [3.63, 3.8) is 0 Å². The highest BCUT2D eigenvalue weighted by Gasteiger charge is 2.42. The first kappa shape index (κ1) is 23.9. The van der Waals surface area contributed by atoms with Crippen molar-refractivity contribution in [2.24, 2.45) is 0 Å². The summed E-state index contributed by atoms with van der Waals surface area (Å²) in [5.74, 6) is 0.639. The number of Topliss-reactive ketones (excluding diaryl/α,β-unsaturated/α-hetero) is 1. The Hall–Kier alpha value is -2.71. The molecule has 1 aromatic heterocycles. The van der Waals surface area contributed by atoms with Crippen LogP contribution in [0, 0.1) is 0 Å². The summed E-state index contributed by atoms with van der Waals surface area (Å²) >= 11 is 1.28. The summed E-state index contributed by atoms with van der Waals surface area (Å²) in [7, 11) is 1.90. The molecule has 4 rings (SSSR count). The van der Waals surface area contributed by atoms with E-state index >= 15 is 0 Å². The van der Waals surface area contributed by atoms with E-state index in [9.17, 15) is 14.4 Å². The molecular formula is C24H31N3O4S. The van der Waals surface area contributed by atoms with Gasteiger partial charge in [-0.3, -0.25) is 19.3 Å². The number of hydrogen-bond donors (Lipinski definition) is 1. The lowest BCUT2D eigenvalue weighted by atomic mass is 9.99. The molecule has 0 saturated carbocycles. The molecule has 3 heterocycles. The minimum atomic E-state index is -0.575. The van der Waals surface area contributed by atoms with Crippen LogP contribution < -0.4 is 24.4 Å². The Morgan fingerprint density at radius 2 is 1.97 bits per heavy atom. The fourth-order valence-electron chi connectivity index (χ4n) is 3.61. The van der Waals surface area contributed by atoms with Gasteiger partial charge in [0.15, 0.2) is 5.78 Å². The van der Waals surface area contributed by atoms with E-state index in [1.807, 2.05) is 44.0 Å². The molecule has 172 valence electrons. The Kier molecular flexibility index (Phi) is 7.05. The van der Waals surface area contributed by atoms with Crippen LogP contribution in [0.5, 0.6) is 5.75 Å². The first-order valence-electron chi connectivity index (χ1n) is 10.8. The summed E-state index contributed by atoms with van der Waals surface area (Å²) in [4.78, 5) is 43.6. The van der Waals surface area contributed by atoms with Gasteiger partial charge < -0.3 is 14.6 Å². The van der Waals surface area contributed by atoms with Crippen molar-refractivity contribution in [2.45, 2.75) is 46.6 Å². The number of ketones is 1. The zero-order valence-electron chi connectivity index (χ0n) is 19.6. The van der Waals surface area contributed by atoms with E-state index in [0.717, 1.165) is 5.56 Å². The maximum atomic E-state index is 12.7. The Balaban J connectivity index is 0.000000913. The second-order valence-electron chi connectivity index (χ2n) is 8.57. The highest BCUT2D eigenvalue weighted by atomic mass is 32.1. The molecule has 2 aromatic rings. The molecule has 8 heteroatoms. The topological polar surface area (TPSA) is 82.7 Å². The molecule has 0 aliphatic carbocycles. The third-order valence-electron chi connectivity index (χ3n) is 5.64. The van der Waals surface area contributed by atoms with Crippen LogP contribution in [0.3, 0.4) is 0 Å². The first-order chi connectivity index (χ1) is 15.1. The van der Waals surface area contributed by atoms with Gasteiger partial charge in [0.25, 0.3) is 5.56 Å². The number of aromatic nitrogens is 1. The lowest BCUT2D eigenvalue weighted by molar-refractivity contribution is -0.119. The third kappa shape index (κ3) is 4.56. The fourth-order valence-corrected chi connectivity index (χ4v) is 4.59. The molecule has 0 bridgehead atoms. The highest BCUT2D eigenvalue weighted by Crippen LogP contribution is 2.32. The van der Waals surface area contributed by atoms with Gasteiger partial charge in [-0.05, 0) is 44.7 Å². The molecule has 0 atom stereocenters. The molecule has 32 heavy (non-hydrogen) atoms. The van der Waals surface area contributed by atoms with Crippen molar-refractivity contribution >= 4 is 40.4 Å². The van der Waals surface area contributed by atoms with Crippen LogP contribution in [-0.2, 0) is 9.59 Å². The minimum absolute atomic E-state index is 0.0343. The molecule has 2 aliphatic heterocycles. The standard InChI is InChI=1S/C21H23N3O4S.C3H8/c1-12(25)24-7-8-28-16-6-5-13(9-15(16)24)10-17-19(27)22-20(29-17)14-11-23(4)21(2,3)18(14)26;1-3-2/h5-6,9-10H,7-8,11H2,1-4H3,(H,22,27);3H2,1-2H3/b17-10-,20-14+;. The van der Waals surface area contributed by atoms with Gasteiger partial charge in [-0.15, -0.1) is 11.3 Å². The van der Waals surface area contributed by atoms with Crippen LogP contribution in [0.4, 0.5) is 5.69 Å². The largest absolute Gasteiger partial charge is 0.490 e. The molecule has 0 radical (unpaired) electrons. The summed E-state index contributed by atoms with van der Waals surface area (Å²) < 4.78 is 6.75. The number of benzene rings is 1. The summed E-state index contributed by atoms with van der Waals surface area (Å²) in [6.45, 7) is 11.0. The van der Waals surface area contributed by atoms with Crippen molar-refractivity contribution in [3.8, 4) is 5.75 Å². The zero-order chi connectivity index (χ0) is 23.6. The quantitative estimate of drug-likeness (QED) is 0.707. The number of likely N-dealkylation sites (tertiary alicyclic amines) is 1. The van der Waals surface area contributed by atoms with Crippen LogP contribution in [0.2, 0.25) is 0 Å². The van der Waals surface area contributed by atoms with E-state index in [1.54, 1.807) is 11.0 Å². The van der Waals surface area contributed by atoms with E-state index in [4.69, 9.17) is 4.74 Å². The summed E-state index contributed by atoms with van der Waals surface area (Å²) in [6.07, 6.45) is 3.02. The lowest BCUT2D eigenvalue weighted by Crippen LogP contribution is -2.40. The number of rotatable bonds is 1. The molecule has 2 aliphatic rings. The van der Waals surface area contributed by atoms with Crippen LogP contribution in [0.1, 0.15) is 46.6 Å². The second kappa shape index (κ2) is 9.42. The van der Waals surface area contributed by atoms with Gasteiger partial charge in [-0.1, -0.05) is 26.3 Å². The SMILES string of the molecule is CC(=O)N1CCOc2ccc(/C=c3\s/c(=C4\CN(C)C(C)(C)C4=O)[nH]c3=O)cc21.CCC. The number of thiazole rings is 1. The number of ether oxygens (including phenoxy) is 1. The van der Waals surface area contributed by atoms with Crippen molar-refractivity contribution < 1.29 is 14.3 Å². The van der Waals surface area contributed by atoms with Gasteiger partial charge in [-0.25, -0.2) is 0 Å². The van der Waals surface area contributed by atoms with Gasteiger partial charge in [0, 0.05) is 19.0 Å². The maximum absolute atomic E-state index is 12.7. The number of anilines is 1. The van der Waals surface area contributed by atoms with Crippen LogP contribution in [-0.4, -0.2) is 53.9 Å². The molecule has 1 saturated heterocycles. The van der Waals surface area contributed by atoms with Gasteiger partial charge in [0.1, 0.15) is 17.0 Å². The zero-order valence-corrected chi connectivity index (χ0v) is 20.4. The predicted molar refractivity (Wildman–Crippen MR) is 129 cm³/mol. The minimum Gasteiger partial charge on any atom is -0.490 e. The van der Waals surface area contributed by atoms with E-state index in [0.29, 0.717) is 45.9 Å². The molecule has 0 spiro atoms. The molecule has 0 unspecified atom stereocenters.